The third-order valence-electron chi connectivity index (χ3n) is 1.75. The molecule has 88 valence electrons. The van der Waals surface area contributed by atoms with Gasteiger partial charge in [-0.05, 0) is 0 Å². The molecule has 1 aromatic carbocycles. The van der Waals surface area contributed by atoms with Crippen molar-refractivity contribution in [2.24, 2.45) is 0 Å². The SMILES string of the molecule is CC(=O)c1c(O)ccc(O[As](=O)(O)O)c1N. The third-order valence-corrected chi connectivity index (χ3v) is 2.66. The summed E-state index contributed by atoms with van der Waals surface area (Å²) in [5, 5.41) is 9.34. The average molecular weight is 291 g/mol. The Labute approximate surface area is 93.8 Å². The van der Waals surface area contributed by atoms with Gasteiger partial charge in [0.2, 0.25) is 0 Å². The summed E-state index contributed by atoms with van der Waals surface area (Å²) in [4.78, 5) is 11.1. The first-order chi connectivity index (χ1) is 7.22. The van der Waals surface area contributed by atoms with Crippen LogP contribution in [0.1, 0.15) is 17.3 Å². The van der Waals surface area contributed by atoms with Crippen molar-refractivity contribution in [1.82, 2.24) is 0 Å². The van der Waals surface area contributed by atoms with Gasteiger partial charge in [-0.25, -0.2) is 0 Å². The summed E-state index contributed by atoms with van der Waals surface area (Å²) >= 11 is -5.35. The molecule has 0 heterocycles. The Morgan fingerprint density at radius 2 is 2.00 bits per heavy atom. The number of phenols is 1. The van der Waals surface area contributed by atoms with Gasteiger partial charge in [-0.15, -0.1) is 0 Å². The van der Waals surface area contributed by atoms with Crippen LogP contribution in [0.3, 0.4) is 0 Å². The normalized spacial score (nSPS) is 11.2. The molecule has 0 radical (unpaired) electrons. The number of rotatable bonds is 3. The average Bonchev–Trinajstić information content (AvgIpc) is 2.07. The molecule has 5 N–H and O–H groups in total. The zero-order chi connectivity index (χ0) is 12.5. The number of nitrogen functional groups attached to an aromatic ring is 1. The number of hydrogen-bond acceptors (Lipinski definition) is 5. The number of carbonyl (C=O) groups is 1. The summed E-state index contributed by atoms with van der Waals surface area (Å²) in [6.45, 7) is 1.16. The van der Waals surface area contributed by atoms with E-state index in [0.29, 0.717) is 0 Å². The van der Waals surface area contributed by atoms with Gasteiger partial charge in [-0.3, -0.25) is 0 Å². The third kappa shape index (κ3) is 2.79. The first-order valence-electron chi connectivity index (χ1n) is 4.10. The number of aromatic hydroxyl groups is 1. The van der Waals surface area contributed by atoms with E-state index in [-0.39, 0.29) is 22.7 Å². The number of Topliss-reactive ketones (excluding diaryl/α,β-unsaturated/α-hetero) is 1. The van der Waals surface area contributed by atoms with Crippen LogP contribution >= 0.6 is 0 Å². The molecule has 0 saturated carbocycles. The van der Waals surface area contributed by atoms with E-state index in [1.54, 1.807) is 0 Å². The molecule has 0 atom stereocenters. The van der Waals surface area contributed by atoms with Crippen molar-refractivity contribution in [3.8, 4) is 11.5 Å². The first kappa shape index (κ1) is 12.6. The molecule has 0 aliphatic carbocycles. The van der Waals surface area contributed by atoms with Crippen LogP contribution in [0.4, 0.5) is 5.69 Å². The fourth-order valence-electron chi connectivity index (χ4n) is 1.17. The van der Waals surface area contributed by atoms with Gasteiger partial charge in [0.05, 0.1) is 0 Å². The van der Waals surface area contributed by atoms with E-state index in [4.69, 9.17) is 13.9 Å². The molecule has 16 heavy (non-hydrogen) atoms. The maximum absolute atomic E-state index is 11.1. The van der Waals surface area contributed by atoms with Gasteiger partial charge in [-0.1, -0.05) is 0 Å². The number of benzene rings is 1. The summed E-state index contributed by atoms with van der Waals surface area (Å²) in [6.07, 6.45) is 0. The first-order valence-corrected chi connectivity index (χ1v) is 7.31. The molecule has 0 fully saturated rings. The standard InChI is InChI=1S/C8H10AsNO6/c1-4(11)7-5(12)2-3-6(8(7)10)16-9(13,14)15/h2-3,12H,10H2,1H3,(H2,13,14,15). The molecule has 0 aliphatic rings. The number of anilines is 1. The van der Waals surface area contributed by atoms with Crippen LogP contribution in [-0.2, 0) is 3.74 Å². The molecule has 0 bridgehead atoms. The van der Waals surface area contributed by atoms with E-state index < -0.39 is 20.3 Å². The molecule has 0 saturated heterocycles. The number of ketones is 1. The summed E-state index contributed by atoms with van der Waals surface area (Å²) < 4.78 is 32.2. The Morgan fingerprint density at radius 1 is 1.44 bits per heavy atom. The Kier molecular flexibility index (Phi) is 3.32. The summed E-state index contributed by atoms with van der Waals surface area (Å²) in [7, 11) is 0. The molecule has 1 rings (SSSR count). The quantitative estimate of drug-likeness (QED) is 0.332. The van der Waals surface area contributed by atoms with Crippen LogP contribution in [0.15, 0.2) is 12.1 Å². The van der Waals surface area contributed by atoms with E-state index in [1.165, 1.54) is 0 Å². The molecule has 0 amide bonds. The number of hydrogen-bond donors (Lipinski definition) is 4. The molecular formula is C8H10AsNO6. The Balaban J connectivity index is 3.29. The second-order valence-corrected chi connectivity index (χ2v) is 5.45. The van der Waals surface area contributed by atoms with Crippen molar-refractivity contribution < 1.29 is 25.6 Å². The fraction of sp³-hybridized carbons (Fsp3) is 0.125. The second-order valence-electron chi connectivity index (χ2n) is 3.01. The zero-order valence-corrected chi connectivity index (χ0v) is 10.1. The van der Waals surface area contributed by atoms with Crippen LogP contribution in [0.5, 0.6) is 11.5 Å². The van der Waals surface area contributed by atoms with Gasteiger partial charge in [-0.2, -0.15) is 0 Å². The van der Waals surface area contributed by atoms with Crippen molar-refractivity contribution in [2.75, 3.05) is 5.73 Å². The van der Waals surface area contributed by atoms with E-state index in [0.717, 1.165) is 19.1 Å². The molecule has 0 aliphatic heterocycles. The van der Waals surface area contributed by atoms with E-state index >= 15 is 0 Å². The summed E-state index contributed by atoms with van der Waals surface area (Å²) in [6, 6.07) is 2.16. The van der Waals surface area contributed by atoms with Gasteiger partial charge < -0.3 is 0 Å². The molecule has 1 aromatic rings. The number of nitrogens with two attached hydrogens (primary N) is 1. The van der Waals surface area contributed by atoms with Crippen molar-refractivity contribution in [3.63, 3.8) is 0 Å². The number of carbonyl (C=O) groups excluding carboxylic acids is 1. The van der Waals surface area contributed by atoms with E-state index in [2.05, 4.69) is 3.73 Å². The molecule has 0 unspecified atom stereocenters. The monoisotopic (exact) mass is 291 g/mol. The van der Waals surface area contributed by atoms with E-state index in [1.807, 2.05) is 0 Å². The summed E-state index contributed by atoms with van der Waals surface area (Å²) in [5.41, 5.74) is 4.94. The van der Waals surface area contributed by atoms with Crippen molar-refractivity contribution >= 4 is 26.0 Å². The Hall–Kier alpha value is -1.43. The van der Waals surface area contributed by atoms with Crippen LogP contribution in [0.2, 0.25) is 0 Å². The van der Waals surface area contributed by atoms with Crippen LogP contribution in [-0.4, -0.2) is 33.6 Å². The molecular weight excluding hydrogens is 281 g/mol. The predicted octanol–water partition coefficient (Wildman–Crippen LogP) is -0.594. The fourth-order valence-corrected chi connectivity index (χ4v) is 2.04. The predicted molar refractivity (Wildman–Crippen MR) is 54.0 cm³/mol. The van der Waals surface area contributed by atoms with Crippen LogP contribution < -0.4 is 9.46 Å². The summed E-state index contributed by atoms with van der Waals surface area (Å²) in [5.74, 6) is -1.22. The van der Waals surface area contributed by atoms with E-state index in [9.17, 15) is 13.6 Å². The second kappa shape index (κ2) is 4.21. The molecule has 8 heteroatoms. The van der Waals surface area contributed by atoms with Crippen molar-refractivity contribution in [1.29, 1.82) is 0 Å². The molecule has 0 spiro atoms. The van der Waals surface area contributed by atoms with Gasteiger partial charge in [0.25, 0.3) is 0 Å². The minimum atomic E-state index is -5.35. The van der Waals surface area contributed by atoms with Gasteiger partial charge >= 0.3 is 93.4 Å². The van der Waals surface area contributed by atoms with Crippen LogP contribution in [0, 0.1) is 0 Å². The Bertz CT molecular complexity index is 480. The molecule has 0 aromatic heterocycles. The van der Waals surface area contributed by atoms with Gasteiger partial charge in [0, 0.05) is 0 Å². The Morgan fingerprint density at radius 3 is 2.44 bits per heavy atom. The minimum absolute atomic E-state index is 0.221. The van der Waals surface area contributed by atoms with Crippen LogP contribution in [0.25, 0.3) is 0 Å². The number of phenolic OH excluding ortho intramolecular Hbond substituents is 1. The zero-order valence-electron chi connectivity index (χ0n) is 8.25. The maximum atomic E-state index is 11.1. The topological polar surface area (TPSA) is 130 Å². The van der Waals surface area contributed by atoms with Gasteiger partial charge in [0.1, 0.15) is 0 Å². The van der Waals surface area contributed by atoms with Crippen molar-refractivity contribution in [3.05, 3.63) is 17.7 Å². The molecule has 7 nitrogen and oxygen atoms in total. The van der Waals surface area contributed by atoms with Crippen molar-refractivity contribution in [2.45, 2.75) is 6.92 Å². The van der Waals surface area contributed by atoms with Gasteiger partial charge in [0.15, 0.2) is 0 Å².